The van der Waals surface area contributed by atoms with Crippen LogP contribution >= 0.6 is 0 Å². The molecule has 0 radical (unpaired) electrons. The van der Waals surface area contributed by atoms with E-state index in [1.54, 1.807) is 0 Å². The summed E-state index contributed by atoms with van der Waals surface area (Å²) in [6, 6.07) is 90.9. The molecule has 0 saturated carbocycles. The summed E-state index contributed by atoms with van der Waals surface area (Å²) in [6.45, 7) is 4.77. The highest BCUT2D eigenvalue weighted by Gasteiger charge is 2.36. The molecule has 0 aromatic heterocycles. The second-order valence-corrected chi connectivity index (χ2v) is 20.3. The molecule has 3 aliphatic carbocycles. The van der Waals surface area contributed by atoms with Gasteiger partial charge in [-0.1, -0.05) is 244 Å². The Morgan fingerprint density at radius 3 is 0.803 bits per heavy atom. The first-order valence-corrected chi connectivity index (χ1v) is 25.0. The van der Waals surface area contributed by atoms with Crippen molar-refractivity contribution in [2.75, 3.05) is 0 Å². The van der Waals surface area contributed by atoms with E-state index >= 15 is 0 Å². The van der Waals surface area contributed by atoms with Gasteiger partial charge < -0.3 is 0 Å². The van der Waals surface area contributed by atoms with Gasteiger partial charge in [-0.25, -0.2) is 0 Å². The Morgan fingerprint density at radius 1 is 0.197 bits per heavy atom. The van der Waals surface area contributed by atoms with Crippen molar-refractivity contribution in [3.8, 4) is 122 Å². The minimum atomic E-state index is -0.135. The van der Waals surface area contributed by atoms with E-state index < -0.39 is 0 Å². The normalized spacial score (nSPS) is 13.0. The minimum Gasteiger partial charge on any atom is -0.0616 e. The Bertz CT molecular complexity index is 3850. The van der Waals surface area contributed by atoms with Crippen LogP contribution in [0.4, 0.5) is 0 Å². The van der Waals surface area contributed by atoms with Crippen molar-refractivity contribution in [2.24, 2.45) is 0 Å². The van der Waals surface area contributed by atoms with E-state index in [1.165, 1.54) is 155 Å². The molecule has 3 aliphatic rings. The summed E-state index contributed by atoms with van der Waals surface area (Å²) in [5.74, 6) is 0. The molecule has 0 fully saturated rings. The summed E-state index contributed by atoms with van der Waals surface area (Å²) >= 11 is 0. The van der Waals surface area contributed by atoms with Crippen molar-refractivity contribution in [3.63, 3.8) is 0 Å². The first kappa shape index (κ1) is 40.1. The smallest absolute Gasteiger partial charge is 0.0159 e. The zero-order valence-corrected chi connectivity index (χ0v) is 39.6. The maximum absolute atomic E-state index is 2.43. The van der Waals surface area contributed by atoms with Crippen LogP contribution < -0.4 is 0 Å². The molecular weight excluding hydrogens is 853 g/mol. The molecule has 0 nitrogen and oxygen atoms in total. The maximum atomic E-state index is 2.43. The Kier molecular flexibility index (Phi) is 8.51. The summed E-state index contributed by atoms with van der Waals surface area (Å²) in [5, 5.41) is 5.36. The highest BCUT2D eigenvalue weighted by atomic mass is 14.4. The SMILES string of the molecule is CC1(C)c2cc(-c3ccc(-c4ccc(-c5ccc6c7c(cccc57)-c5ccccc5-6)cc4)cc3)ccc2-c2ccc(-c3ccc(-c4ccc(-c5ccc6c7c(cccc57)-c5ccccc5-6)cc4)cc3)cc21. The quantitative estimate of drug-likeness (QED) is 0.156. The monoisotopic (exact) mass is 898 g/mol. The molecule has 0 unspecified atom stereocenters. The second kappa shape index (κ2) is 15.1. The van der Waals surface area contributed by atoms with Crippen LogP contribution in [0, 0.1) is 0 Å². The summed E-state index contributed by atoms with van der Waals surface area (Å²) < 4.78 is 0. The summed E-state index contributed by atoms with van der Waals surface area (Å²) in [6.07, 6.45) is 0. The summed E-state index contributed by atoms with van der Waals surface area (Å²) in [4.78, 5) is 0. The standard InChI is InChI=1S/C71H46/c1-71(2)67-41-51(47-21-17-43(18-22-47)45-25-29-49(30-26-45)53-37-39-65-57-11-5-3-9-55(57)63-15-7-13-61(53)69(63)65)33-35-59(67)60-36-34-52(42-68(60)71)48-23-19-44(20-24-48)46-27-31-50(32-28-46)54-38-40-66-58-12-6-4-10-56(58)64-16-8-14-62(54)70(64)66/h3-42H,1-2H3. The lowest BCUT2D eigenvalue weighted by atomic mass is 9.80. The lowest BCUT2D eigenvalue weighted by molar-refractivity contribution is 0.661. The largest absolute Gasteiger partial charge is 0.0616 e. The van der Waals surface area contributed by atoms with Gasteiger partial charge in [0.15, 0.2) is 0 Å². The molecule has 0 amide bonds. The van der Waals surface area contributed by atoms with Crippen molar-refractivity contribution >= 4 is 21.5 Å². The third kappa shape index (κ3) is 5.98. The van der Waals surface area contributed by atoms with Crippen molar-refractivity contribution in [1.82, 2.24) is 0 Å². The Hall–Kier alpha value is -8.84. The lowest BCUT2D eigenvalue weighted by Gasteiger charge is -2.22. The highest BCUT2D eigenvalue weighted by Crippen LogP contribution is 2.53. The lowest BCUT2D eigenvalue weighted by Crippen LogP contribution is -2.15. The van der Waals surface area contributed by atoms with Crippen LogP contribution in [0.15, 0.2) is 243 Å². The van der Waals surface area contributed by atoms with Crippen LogP contribution in [-0.2, 0) is 5.41 Å². The minimum absolute atomic E-state index is 0.135. The third-order valence-electron chi connectivity index (χ3n) is 16.3. The predicted octanol–water partition coefficient (Wildman–Crippen LogP) is 19.6. The van der Waals surface area contributed by atoms with Crippen LogP contribution in [0.2, 0.25) is 0 Å². The molecule has 0 N–H and O–H groups in total. The predicted molar refractivity (Wildman–Crippen MR) is 300 cm³/mol. The zero-order valence-electron chi connectivity index (χ0n) is 39.6. The van der Waals surface area contributed by atoms with Crippen molar-refractivity contribution < 1.29 is 0 Å². The number of fused-ring (bicyclic) bond motifs is 9. The Morgan fingerprint density at radius 2 is 0.451 bits per heavy atom. The van der Waals surface area contributed by atoms with Gasteiger partial charge in [-0.15, -0.1) is 0 Å². The van der Waals surface area contributed by atoms with Crippen LogP contribution in [0.5, 0.6) is 0 Å². The molecule has 0 heteroatoms. The van der Waals surface area contributed by atoms with E-state index in [1.807, 2.05) is 0 Å². The molecule has 0 atom stereocenters. The van der Waals surface area contributed by atoms with Crippen LogP contribution in [0.3, 0.4) is 0 Å². The van der Waals surface area contributed by atoms with Gasteiger partial charge in [0, 0.05) is 5.41 Å². The molecule has 12 aromatic rings. The first-order valence-electron chi connectivity index (χ1n) is 25.0. The summed E-state index contributed by atoms with van der Waals surface area (Å²) in [7, 11) is 0. The second-order valence-electron chi connectivity index (χ2n) is 20.3. The summed E-state index contributed by atoms with van der Waals surface area (Å²) in [5.41, 5.74) is 30.9. The molecule has 0 bridgehead atoms. The van der Waals surface area contributed by atoms with Crippen LogP contribution in [0.25, 0.3) is 144 Å². The van der Waals surface area contributed by atoms with Gasteiger partial charge in [-0.05, 0) is 167 Å². The van der Waals surface area contributed by atoms with Gasteiger partial charge in [-0.3, -0.25) is 0 Å². The Labute approximate surface area is 414 Å². The molecule has 0 heterocycles. The molecular formula is C71H46. The number of benzene rings is 12. The maximum Gasteiger partial charge on any atom is 0.0159 e. The van der Waals surface area contributed by atoms with E-state index in [2.05, 4.69) is 257 Å². The number of rotatable bonds is 6. The fraction of sp³-hybridized carbons (Fsp3) is 0.0423. The molecule has 0 spiro atoms. The molecule has 0 saturated heterocycles. The third-order valence-corrected chi connectivity index (χ3v) is 16.3. The van der Waals surface area contributed by atoms with Crippen molar-refractivity contribution in [1.29, 1.82) is 0 Å². The van der Waals surface area contributed by atoms with Gasteiger partial charge in [0.05, 0.1) is 0 Å². The van der Waals surface area contributed by atoms with E-state index in [4.69, 9.17) is 0 Å². The van der Waals surface area contributed by atoms with Crippen molar-refractivity contribution in [3.05, 3.63) is 254 Å². The number of hydrogen-bond donors (Lipinski definition) is 0. The number of hydrogen-bond acceptors (Lipinski definition) is 0. The van der Waals surface area contributed by atoms with Crippen molar-refractivity contribution in [2.45, 2.75) is 19.3 Å². The van der Waals surface area contributed by atoms with Gasteiger partial charge >= 0.3 is 0 Å². The zero-order chi connectivity index (χ0) is 47.0. The van der Waals surface area contributed by atoms with E-state index in [0.717, 1.165) is 0 Å². The van der Waals surface area contributed by atoms with Crippen LogP contribution in [0.1, 0.15) is 25.0 Å². The van der Waals surface area contributed by atoms with Gasteiger partial charge in [0.1, 0.15) is 0 Å². The van der Waals surface area contributed by atoms with Gasteiger partial charge in [0.25, 0.3) is 0 Å². The molecule has 330 valence electrons. The molecule has 12 aromatic carbocycles. The molecule has 15 rings (SSSR count). The topological polar surface area (TPSA) is 0 Å². The Balaban J connectivity index is 0.658. The van der Waals surface area contributed by atoms with E-state index in [0.29, 0.717) is 0 Å². The highest BCUT2D eigenvalue weighted by molar-refractivity contribution is 6.20. The average molecular weight is 899 g/mol. The molecule has 71 heavy (non-hydrogen) atoms. The van der Waals surface area contributed by atoms with Crippen LogP contribution in [-0.4, -0.2) is 0 Å². The van der Waals surface area contributed by atoms with E-state index in [-0.39, 0.29) is 5.41 Å². The average Bonchev–Trinajstić information content (AvgIpc) is 4.02. The first-order chi connectivity index (χ1) is 34.9. The van der Waals surface area contributed by atoms with Gasteiger partial charge in [-0.2, -0.15) is 0 Å². The fourth-order valence-electron chi connectivity index (χ4n) is 12.6. The fourth-order valence-corrected chi connectivity index (χ4v) is 12.6. The molecule has 0 aliphatic heterocycles. The van der Waals surface area contributed by atoms with Gasteiger partial charge in [0.2, 0.25) is 0 Å². The van der Waals surface area contributed by atoms with E-state index in [9.17, 15) is 0 Å².